The SMILES string of the molecule is CN(CCOc1ccc(Cl)cc1)C(=O)Nc1cccc(COCc2ccco2)c1. The Balaban J connectivity index is 1.42. The average Bonchev–Trinajstić information content (AvgIpc) is 3.23. The molecule has 3 aromatic rings. The molecule has 0 atom stereocenters. The summed E-state index contributed by atoms with van der Waals surface area (Å²) in [5.74, 6) is 1.49. The van der Waals surface area contributed by atoms with Crippen LogP contribution in [0.15, 0.2) is 71.3 Å². The average molecular weight is 415 g/mol. The van der Waals surface area contributed by atoms with Crippen molar-refractivity contribution in [2.75, 3.05) is 25.5 Å². The molecule has 6 nitrogen and oxygen atoms in total. The van der Waals surface area contributed by atoms with Gasteiger partial charge >= 0.3 is 6.03 Å². The lowest BCUT2D eigenvalue weighted by atomic mass is 10.2. The molecule has 1 N–H and O–H groups in total. The minimum atomic E-state index is -0.210. The molecule has 0 unspecified atom stereocenters. The number of carbonyl (C=O) groups is 1. The van der Waals surface area contributed by atoms with Crippen LogP contribution in [0.3, 0.4) is 0 Å². The van der Waals surface area contributed by atoms with E-state index in [1.165, 1.54) is 0 Å². The number of benzene rings is 2. The fraction of sp³-hybridized carbons (Fsp3) is 0.227. The van der Waals surface area contributed by atoms with Crippen molar-refractivity contribution in [1.82, 2.24) is 4.90 Å². The van der Waals surface area contributed by atoms with E-state index in [0.717, 1.165) is 11.3 Å². The van der Waals surface area contributed by atoms with Gasteiger partial charge in [0.25, 0.3) is 0 Å². The number of hydrogen-bond acceptors (Lipinski definition) is 4. The van der Waals surface area contributed by atoms with Gasteiger partial charge in [0.2, 0.25) is 0 Å². The predicted octanol–water partition coefficient (Wildman–Crippen LogP) is 5.19. The Labute approximate surface area is 175 Å². The van der Waals surface area contributed by atoms with Crippen molar-refractivity contribution in [2.24, 2.45) is 0 Å². The third-order valence-electron chi connectivity index (χ3n) is 4.13. The van der Waals surface area contributed by atoms with Crippen molar-refractivity contribution in [3.8, 4) is 5.75 Å². The van der Waals surface area contributed by atoms with E-state index in [-0.39, 0.29) is 6.03 Å². The van der Waals surface area contributed by atoms with Gasteiger partial charge in [0.05, 0.1) is 19.4 Å². The number of hydrogen-bond donors (Lipinski definition) is 1. The number of rotatable bonds is 9. The van der Waals surface area contributed by atoms with E-state index in [2.05, 4.69) is 5.32 Å². The summed E-state index contributed by atoms with van der Waals surface area (Å²) < 4.78 is 16.5. The summed E-state index contributed by atoms with van der Waals surface area (Å²) in [4.78, 5) is 13.9. The molecule has 2 amide bonds. The van der Waals surface area contributed by atoms with E-state index in [9.17, 15) is 4.79 Å². The number of nitrogens with zero attached hydrogens (tertiary/aromatic N) is 1. The molecule has 152 valence electrons. The minimum absolute atomic E-state index is 0.210. The maximum absolute atomic E-state index is 12.4. The zero-order chi connectivity index (χ0) is 20.5. The fourth-order valence-corrected chi connectivity index (χ4v) is 2.68. The van der Waals surface area contributed by atoms with Crippen molar-refractivity contribution in [1.29, 1.82) is 0 Å². The van der Waals surface area contributed by atoms with Gasteiger partial charge in [0, 0.05) is 17.8 Å². The summed E-state index contributed by atoms with van der Waals surface area (Å²) in [6.45, 7) is 1.65. The molecular weight excluding hydrogens is 392 g/mol. The topological polar surface area (TPSA) is 63.9 Å². The quantitative estimate of drug-likeness (QED) is 0.523. The Kier molecular flexibility index (Phi) is 7.55. The van der Waals surface area contributed by atoms with Crippen LogP contribution in [0.1, 0.15) is 11.3 Å². The van der Waals surface area contributed by atoms with Crippen molar-refractivity contribution in [3.63, 3.8) is 0 Å². The zero-order valence-electron chi connectivity index (χ0n) is 16.1. The fourth-order valence-electron chi connectivity index (χ4n) is 2.55. The van der Waals surface area contributed by atoms with E-state index in [1.807, 2.05) is 36.4 Å². The molecule has 7 heteroatoms. The van der Waals surface area contributed by atoms with E-state index in [1.54, 1.807) is 42.5 Å². The van der Waals surface area contributed by atoms with Crippen LogP contribution in [0.4, 0.5) is 10.5 Å². The zero-order valence-corrected chi connectivity index (χ0v) is 16.9. The monoisotopic (exact) mass is 414 g/mol. The lowest BCUT2D eigenvalue weighted by molar-refractivity contribution is 0.0930. The molecule has 29 heavy (non-hydrogen) atoms. The predicted molar refractivity (Wildman–Crippen MR) is 112 cm³/mol. The van der Waals surface area contributed by atoms with Gasteiger partial charge in [-0.1, -0.05) is 23.7 Å². The van der Waals surface area contributed by atoms with Crippen molar-refractivity contribution in [2.45, 2.75) is 13.2 Å². The third kappa shape index (κ3) is 6.85. The van der Waals surface area contributed by atoms with Crippen molar-refractivity contribution < 1.29 is 18.7 Å². The summed E-state index contributed by atoms with van der Waals surface area (Å²) in [5.41, 5.74) is 1.67. The van der Waals surface area contributed by atoms with Gasteiger partial charge < -0.3 is 24.1 Å². The van der Waals surface area contributed by atoms with E-state index >= 15 is 0 Å². The first kappa shape index (κ1) is 20.8. The molecule has 0 saturated heterocycles. The Morgan fingerprint density at radius 3 is 2.69 bits per heavy atom. The number of halogens is 1. The number of likely N-dealkylation sites (N-methyl/N-ethyl adjacent to an activating group) is 1. The molecule has 0 fully saturated rings. The van der Waals surface area contributed by atoms with Crippen LogP contribution < -0.4 is 10.1 Å². The van der Waals surface area contributed by atoms with Gasteiger partial charge in [-0.05, 0) is 54.1 Å². The molecule has 0 radical (unpaired) electrons. The van der Waals surface area contributed by atoms with Gasteiger partial charge in [0.1, 0.15) is 24.7 Å². The number of ether oxygens (including phenoxy) is 2. The van der Waals surface area contributed by atoms with E-state index in [0.29, 0.717) is 42.8 Å². The highest BCUT2D eigenvalue weighted by atomic mass is 35.5. The number of urea groups is 1. The highest BCUT2D eigenvalue weighted by Crippen LogP contribution is 2.16. The second kappa shape index (κ2) is 10.5. The Bertz CT molecular complexity index is 897. The van der Waals surface area contributed by atoms with Crippen LogP contribution in [-0.4, -0.2) is 31.1 Å². The second-order valence-electron chi connectivity index (χ2n) is 6.43. The molecule has 0 spiro atoms. The number of carbonyl (C=O) groups excluding carboxylic acids is 1. The molecule has 1 heterocycles. The summed E-state index contributed by atoms with van der Waals surface area (Å²) in [5, 5.41) is 3.54. The standard InChI is InChI=1S/C22H23ClN2O4/c1-25(11-13-29-20-9-7-18(23)8-10-20)22(26)24-19-5-2-4-17(14-19)15-27-16-21-6-3-12-28-21/h2-10,12,14H,11,13,15-16H2,1H3,(H,24,26). The van der Waals surface area contributed by atoms with Crippen molar-refractivity contribution >= 4 is 23.3 Å². The largest absolute Gasteiger partial charge is 0.492 e. The Morgan fingerprint density at radius 2 is 1.93 bits per heavy atom. The highest BCUT2D eigenvalue weighted by molar-refractivity contribution is 6.30. The maximum Gasteiger partial charge on any atom is 0.321 e. The third-order valence-corrected chi connectivity index (χ3v) is 4.38. The first-order valence-electron chi connectivity index (χ1n) is 9.20. The number of furan rings is 1. The lowest BCUT2D eigenvalue weighted by Gasteiger charge is -2.18. The van der Waals surface area contributed by atoms with Crippen LogP contribution in [-0.2, 0) is 18.0 Å². The highest BCUT2D eigenvalue weighted by Gasteiger charge is 2.09. The number of nitrogens with one attached hydrogen (secondary N) is 1. The van der Waals surface area contributed by atoms with Gasteiger partial charge in [-0.25, -0.2) is 4.79 Å². The first-order valence-corrected chi connectivity index (χ1v) is 9.57. The Hall–Kier alpha value is -2.96. The molecule has 0 aliphatic rings. The summed E-state index contributed by atoms with van der Waals surface area (Å²) in [6, 6.07) is 18.1. The summed E-state index contributed by atoms with van der Waals surface area (Å²) in [7, 11) is 1.72. The minimum Gasteiger partial charge on any atom is -0.492 e. The van der Waals surface area contributed by atoms with E-state index in [4.69, 9.17) is 25.5 Å². The number of anilines is 1. The molecule has 1 aromatic heterocycles. The van der Waals surface area contributed by atoms with Crippen LogP contribution in [0.2, 0.25) is 5.02 Å². The van der Waals surface area contributed by atoms with E-state index < -0.39 is 0 Å². The van der Waals surface area contributed by atoms with Gasteiger partial charge in [-0.3, -0.25) is 0 Å². The van der Waals surface area contributed by atoms with Crippen LogP contribution in [0, 0.1) is 0 Å². The molecular formula is C22H23ClN2O4. The normalized spacial score (nSPS) is 10.6. The maximum atomic E-state index is 12.4. The molecule has 0 bridgehead atoms. The molecule has 0 aliphatic carbocycles. The smallest absolute Gasteiger partial charge is 0.321 e. The number of amides is 2. The van der Waals surface area contributed by atoms with Crippen LogP contribution >= 0.6 is 11.6 Å². The molecule has 0 saturated carbocycles. The molecule has 0 aliphatic heterocycles. The van der Waals surface area contributed by atoms with Gasteiger partial charge in [-0.2, -0.15) is 0 Å². The Morgan fingerprint density at radius 1 is 1.10 bits per heavy atom. The summed E-state index contributed by atoms with van der Waals surface area (Å²) >= 11 is 5.85. The molecule has 2 aromatic carbocycles. The van der Waals surface area contributed by atoms with Gasteiger partial charge in [0.15, 0.2) is 0 Å². The summed E-state index contributed by atoms with van der Waals surface area (Å²) in [6.07, 6.45) is 1.62. The van der Waals surface area contributed by atoms with Gasteiger partial charge in [-0.15, -0.1) is 0 Å². The van der Waals surface area contributed by atoms with Crippen LogP contribution in [0.25, 0.3) is 0 Å². The lowest BCUT2D eigenvalue weighted by Crippen LogP contribution is -2.34. The first-order chi connectivity index (χ1) is 14.1. The van der Waals surface area contributed by atoms with Crippen LogP contribution in [0.5, 0.6) is 5.75 Å². The second-order valence-corrected chi connectivity index (χ2v) is 6.86. The van der Waals surface area contributed by atoms with Crippen molar-refractivity contribution in [3.05, 3.63) is 83.3 Å². The molecule has 3 rings (SSSR count).